The third-order valence-corrected chi connectivity index (χ3v) is 6.08. The van der Waals surface area contributed by atoms with E-state index < -0.39 is 0 Å². The number of thioether (sulfide) groups is 1. The molecule has 1 aliphatic heterocycles. The number of anilines is 1. The topological polar surface area (TPSA) is 59.1 Å². The number of carbonyl (C=O) groups is 2. The Morgan fingerprint density at radius 3 is 2.30 bits per heavy atom. The second-order valence-corrected chi connectivity index (χ2v) is 8.38. The molecule has 0 aromatic heterocycles. The highest BCUT2D eigenvalue weighted by Gasteiger charge is 2.22. The zero-order chi connectivity index (χ0) is 21.3. The van der Waals surface area contributed by atoms with Crippen molar-refractivity contribution in [3.8, 4) is 5.75 Å². The average Bonchev–Trinajstić information content (AvgIpc) is 2.79. The summed E-state index contributed by atoms with van der Waals surface area (Å²) in [4.78, 5) is 29.3. The van der Waals surface area contributed by atoms with Crippen molar-refractivity contribution in [2.24, 2.45) is 0 Å². The Hall–Kier alpha value is -2.38. The number of piperazine rings is 1. The van der Waals surface area contributed by atoms with E-state index in [0.717, 1.165) is 29.4 Å². The fraction of sp³-hybridized carbons (Fsp3) is 0.364. The third-order valence-electron chi connectivity index (χ3n) is 4.82. The number of rotatable bonds is 8. The Bertz CT molecular complexity index is 837. The van der Waals surface area contributed by atoms with Gasteiger partial charge in [-0.25, -0.2) is 0 Å². The van der Waals surface area contributed by atoms with Crippen molar-refractivity contribution < 1.29 is 19.1 Å². The quantitative estimate of drug-likeness (QED) is 0.453. The number of carbonyl (C=O) groups excluding carboxylic acids is 2. The van der Waals surface area contributed by atoms with Gasteiger partial charge in [0, 0.05) is 47.5 Å². The number of amides is 1. The van der Waals surface area contributed by atoms with E-state index in [1.165, 1.54) is 0 Å². The maximum absolute atomic E-state index is 12.4. The molecule has 0 atom stereocenters. The highest BCUT2D eigenvalue weighted by molar-refractivity contribution is 7.99. The summed E-state index contributed by atoms with van der Waals surface area (Å²) in [6.07, 6.45) is 0.256. The van der Waals surface area contributed by atoms with E-state index in [-0.39, 0.29) is 24.9 Å². The summed E-state index contributed by atoms with van der Waals surface area (Å²) in [5, 5.41) is 0.683. The van der Waals surface area contributed by atoms with E-state index >= 15 is 0 Å². The van der Waals surface area contributed by atoms with Crippen LogP contribution in [0.4, 0.5) is 5.69 Å². The molecule has 0 unspecified atom stereocenters. The molecule has 0 bridgehead atoms. The van der Waals surface area contributed by atoms with Crippen molar-refractivity contribution in [1.29, 1.82) is 0 Å². The molecule has 1 amide bonds. The standard InChI is InChI=1S/C22H25ClN2O4S/c1-28-19-6-4-18(5-7-19)24-11-13-25(14-12-24)21(26)16-29-22(27)10-15-30-20-8-2-17(23)3-9-20/h2-9H,10-16H2,1H3. The van der Waals surface area contributed by atoms with Crippen LogP contribution in [-0.4, -0.2) is 62.4 Å². The minimum atomic E-state index is -0.360. The van der Waals surface area contributed by atoms with Crippen LogP contribution in [-0.2, 0) is 14.3 Å². The molecule has 1 fully saturated rings. The van der Waals surface area contributed by atoms with Crippen LogP contribution < -0.4 is 9.64 Å². The Balaban J connectivity index is 1.34. The minimum absolute atomic E-state index is 0.150. The Kier molecular flexibility index (Phi) is 8.28. The second-order valence-electron chi connectivity index (χ2n) is 6.78. The van der Waals surface area contributed by atoms with Gasteiger partial charge in [-0.2, -0.15) is 0 Å². The van der Waals surface area contributed by atoms with E-state index in [2.05, 4.69) is 4.90 Å². The number of hydrogen-bond acceptors (Lipinski definition) is 6. The van der Waals surface area contributed by atoms with Crippen LogP contribution in [0.2, 0.25) is 5.02 Å². The zero-order valence-corrected chi connectivity index (χ0v) is 18.5. The summed E-state index contributed by atoms with van der Waals surface area (Å²) in [6, 6.07) is 15.3. The van der Waals surface area contributed by atoms with E-state index in [1.54, 1.807) is 23.8 Å². The molecule has 0 N–H and O–H groups in total. The number of nitrogens with zero attached hydrogens (tertiary/aromatic N) is 2. The summed E-state index contributed by atoms with van der Waals surface area (Å²) in [5.74, 6) is 0.903. The average molecular weight is 449 g/mol. The van der Waals surface area contributed by atoms with Gasteiger partial charge in [-0.3, -0.25) is 9.59 Å². The van der Waals surface area contributed by atoms with Gasteiger partial charge in [0.25, 0.3) is 5.91 Å². The maximum Gasteiger partial charge on any atom is 0.307 e. The first-order valence-electron chi connectivity index (χ1n) is 9.76. The normalized spacial score (nSPS) is 13.8. The molecule has 0 aliphatic carbocycles. The minimum Gasteiger partial charge on any atom is -0.497 e. The lowest BCUT2D eigenvalue weighted by Gasteiger charge is -2.36. The van der Waals surface area contributed by atoms with Gasteiger partial charge in [-0.15, -0.1) is 11.8 Å². The molecule has 2 aromatic carbocycles. The van der Waals surface area contributed by atoms with Crippen molar-refractivity contribution >= 4 is 40.9 Å². The zero-order valence-electron chi connectivity index (χ0n) is 16.9. The molecule has 1 aliphatic rings. The molecule has 0 radical (unpaired) electrons. The summed E-state index contributed by atoms with van der Waals surface area (Å²) in [7, 11) is 1.64. The van der Waals surface area contributed by atoms with Gasteiger partial charge in [0.05, 0.1) is 13.5 Å². The highest BCUT2D eigenvalue weighted by Crippen LogP contribution is 2.22. The molecule has 6 nitrogen and oxygen atoms in total. The predicted molar refractivity (Wildman–Crippen MR) is 120 cm³/mol. The summed E-state index contributed by atoms with van der Waals surface area (Å²) in [5.41, 5.74) is 1.10. The number of hydrogen-bond donors (Lipinski definition) is 0. The fourth-order valence-electron chi connectivity index (χ4n) is 3.10. The van der Waals surface area contributed by atoms with E-state index in [0.29, 0.717) is 23.9 Å². The van der Waals surface area contributed by atoms with Crippen molar-refractivity contribution in [1.82, 2.24) is 4.90 Å². The van der Waals surface area contributed by atoms with Gasteiger partial charge in [0.15, 0.2) is 6.61 Å². The van der Waals surface area contributed by atoms with Gasteiger partial charge in [-0.05, 0) is 48.5 Å². The molecule has 0 spiro atoms. The number of esters is 1. The molecule has 1 saturated heterocycles. The Morgan fingerprint density at radius 1 is 1.00 bits per heavy atom. The van der Waals surface area contributed by atoms with Crippen molar-refractivity contribution in [3.63, 3.8) is 0 Å². The summed E-state index contributed by atoms with van der Waals surface area (Å²) < 4.78 is 10.3. The first kappa shape index (κ1) is 22.3. The van der Waals surface area contributed by atoms with E-state index in [9.17, 15) is 9.59 Å². The van der Waals surface area contributed by atoms with Crippen LogP contribution >= 0.6 is 23.4 Å². The number of halogens is 1. The molecule has 1 heterocycles. The molecule has 3 rings (SSSR count). The fourth-order valence-corrected chi connectivity index (χ4v) is 4.05. The monoisotopic (exact) mass is 448 g/mol. The SMILES string of the molecule is COc1ccc(N2CCN(C(=O)COC(=O)CCSc3ccc(Cl)cc3)CC2)cc1. The predicted octanol–water partition coefficient (Wildman–Crippen LogP) is 3.72. The van der Waals surface area contributed by atoms with Crippen LogP contribution in [0.5, 0.6) is 5.75 Å². The highest BCUT2D eigenvalue weighted by atomic mass is 35.5. The smallest absolute Gasteiger partial charge is 0.307 e. The molecule has 0 saturated carbocycles. The molecule has 30 heavy (non-hydrogen) atoms. The van der Waals surface area contributed by atoms with Gasteiger partial charge in [0.1, 0.15) is 5.75 Å². The maximum atomic E-state index is 12.4. The first-order chi connectivity index (χ1) is 14.5. The largest absolute Gasteiger partial charge is 0.497 e. The molecular formula is C22H25ClN2O4S. The Labute approximate surface area is 186 Å². The van der Waals surface area contributed by atoms with Gasteiger partial charge in [0.2, 0.25) is 0 Å². The lowest BCUT2D eigenvalue weighted by atomic mass is 10.2. The lowest BCUT2D eigenvalue weighted by molar-refractivity contribution is -0.151. The number of ether oxygens (including phenoxy) is 2. The molecule has 2 aromatic rings. The number of methoxy groups -OCH3 is 1. The van der Waals surface area contributed by atoms with E-state index in [1.807, 2.05) is 48.5 Å². The van der Waals surface area contributed by atoms with Crippen LogP contribution in [0, 0.1) is 0 Å². The molecule has 160 valence electrons. The van der Waals surface area contributed by atoms with Gasteiger partial charge >= 0.3 is 5.97 Å². The van der Waals surface area contributed by atoms with Crippen LogP contribution in [0.25, 0.3) is 0 Å². The first-order valence-corrected chi connectivity index (χ1v) is 11.1. The van der Waals surface area contributed by atoms with Crippen LogP contribution in [0.1, 0.15) is 6.42 Å². The Morgan fingerprint density at radius 2 is 1.67 bits per heavy atom. The van der Waals surface area contributed by atoms with Crippen molar-refractivity contribution in [3.05, 3.63) is 53.6 Å². The summed E-state index contributed by atoms with van der Waals surface area (Å²) in [6.45, 7) is 2.49. The molecule has 8 heteroatoms. The third kappa shape index (κ3) is 6.57. The van der Waals surface area contributed by atoms with Crippen LogP contribution in [0.3, 0.4) is 0 Å². The lowest BCUT2D eigenvalue weighted by Crippen LogP contribution is -2.49. The van der Waals surface area contributed by atoms with Crippen molar-refractivity contribution in [2.45, 2.75) is 11.3 Å². The van der Waals surface area contributed by atoms with E-state index in [4.69, 9.17) is 21.1 Å². The molecular weight excluding hydrogens is 424 g/mol. The van der Waals surface area contributed by atoms with Gasteiger partial charge < -0.3 is 19.3 Å². The summed E-state index contributed by atoms with van der Waals surface area (Å²) >= 11 is 7.41. The van der Waals surface area contributed by atoms with Crippen LogP contribution in [0.15, 0.2) is 53.4 Å². The van der Waals surface area contributed by atoms with Gasteiger partial charge in [-0.1, -0.05) is 11.6 Å². The number of benzene rings is 2. The van der Waals surface area contributed by atoms with Crippen molar-refractivity contribution in [2.75, 3.05) is 50.5 Å². The second kappa shape index (κ2) is 11.1.